The predicted octanol–water partition coefficient (Wildman–Crippen LogP) is 1.71. The molecule has 0 aromatic heterocycles. The number of hydrogen-bond donors (Lipinski definition) is 1. The molecule has 16 heavy (non-hydrogen) atoms. The van der Waals surface area contributed by atoms with Crippen LogP contribution in [0.25, 0.3) is 0 Å². The largest absolute Gasteiger partial charge is 0.337 e. The van der Waals surface area contributed by atoms with Gasteiger partial charge in [-0.25, -0.2) is 0 Å². The van der Waals surface area contributed by atoms with E-state index in [2.05, 4.69) is 29.5 Å². The Hall–Kier alpha value is -0.620. The lowest BCUT2D eigenvalue weighted by Crippen LogP contribution is -2.32. The molecule has 0 radical (unpaired) electrons. The number of carbonyl (C=O) groups excluding carboxylic acids is 1. The van der Waals surface area contributed by atoms with Gasteiger partial charge in [-0.2, -0.15) is 0 Å². The van der Waals surface area contributed by atoms with Crippen LogP contribution < -0.4 is 5.73 Å². The summed E-state index contributed by atoms with van der Waals surface area (Å²) in [7, 11) is 0. The molecule has 1 fully saturated rings. The SMILES string of the molecule is CC1CN(C(=O)c2cccc(I)c2)CC1N. The second kappa shape index (κ2) is 4.71. The van der Waals surface area contributed by atoms with E-state index in [9.17, 15) is 4.79 Å². The molecule has 86 valence electrons. The van der Waals surface area contributed by atoms with Gasteiger partial charge in [-0.1, -0.05) is 13.0 Å². The van der Waals surface area contributed by atoms with E-state index < -0.39 is 0 Å². The van der Waals surface area contributed by atoms with Crippen LogP contribution in [0.4, 0.5) is 0 Å². The zero-order valence-electron chi connectivity index (χ0n) is 9.19. The monoisotopic (exact) mass is 330 g/mol. The molecular formula is C12H15IN2O. The second-order valence-electron chi connectivity index (χ2n) is 4.36. The topological polar surface area (TPSA) is 46.3 Å². The molecule has 1 heterocycles. The number of carbonyl (C=O) groups is 1. The van der Waals surface area contributed by atoms with Crippen molar-refractivity contribution in [3.63, 3.8) is 0 Å². The first-order chi connectivity index (χ1) is 7.58. The lowest BCUT2D eigenvalue weighted by molar-refractivity contribution is 0.0787. The van der Waals surface area contributed by atoms with Gasteiger partial charge in [-0.05, 0) is 46.7 Å². The summed E-state index contributed by atoms with van der Waals surface area (Å²) < 4.78 is 1.08. The number of halogens is 1. The smallest absolute Gasteiger partial charge is 0.253 e. The van der Waals surface area contributed by atoms with E-state index in [1.54, 1.807) is 0 Å². The van der Waals surface area contributed by atoms with Gasteiger partial charge in [0.1, 0.15) is 0 Å². The number of nitrogens with two attached hydrogens (primary N) is 1. The average Bonchev–Trinajstić information content (AvgIpc) is 2.58. The second-order valence-corrected chi connectivity index (χ2v) is 5.61. The predicted molar refractivity (Wildman–Crippen MR) is 72.2 cm³/mol. The quantitative estimate of drug-likeness (QED) is 0.797. The molecule has 1 saturated heterocycles. The molecule has 1 aromatic rings. The van der Waals surface area contributed by atoms with E-state index in [1.165, 1.54) is 0 Å². The molecule has 2 N–H and O–H groups in total. The molecule has 1 aromatic carbocycles. The third kappa shape index (κ3) is 2.38. The Morgan fingerprint density at radius 3 is 2.81 bits per heavy atom. The molecule has 2 atom stereocenters. The van der Waals surface area contributed by atoms with Crippen molar-refractivity contribution in [3.05, 3.63) is 33.4 Å². The maximum absolute atomic E-state index is 12.2. The highest BCUT2D eigenvalue weighted by Crippen LogP contribution is 2.18. The molecule has 0 bridgehead atoms. The molecule has 1 aliphatic rings. The third-order valence-corrected chi connectivity index (χ3v) is 3.70. The third-order valence-electron chi connectivity index (χ3n) is 3.03. The van der Waals surface area contributed by atoms with Crippen LogP contribution >= 0.6 is 22.6 Å². The highest BCUT2D eigenvalue weighted by molar-refractivity contribution is 14.1. The lowest BCUT2D eigenvalue weighted by Gasteiger charge is -2.15. The zero-order valence-corrected chi connectivity index (χ0v) is 11.3. The first kappa shape index (κ1) is 11.9. The Labute approximate surface area is 109 Å². The zero-order chi connectivity index (χ0) is 11.7. The van der Waals surface area contributed by atoms with Gasteiger partial charge in [0.2, 0.25) is 0 Å². The number of rotatable bonds is 1. The first-order valence-electron chi connectivity index (χ1n) is 5.38. The molecule has 0 spiro atoms. The molecule has 2 rings (SSSR count). The average molecular weight is 330 g/mol. The lowest BCUT2D eigenvalue weighted by atomic mass is 10.1. The van der Waals surface area contributed by atoms with Crippen molar-refractivity contribution >= 4 is 28.5 Å². The molecule has 4 heteroatoms. The van der Waals surface area contributed by atoms with Gasteiger partial charge in [0.25, 0.3) is 5.91 Å². The van der Waals surface area contributed by atoms with Crippen molar-refractivity contribution in [2.45, 2.75) is 13.0 Å². The fourth-order valence-corrected chi connectivity index (χ4v) is 2.50. The summed E-state index contributed by atoms with van der Waals surface area (Å²) in [5.41, 5.74) is 6.68. The highest BCUT2D eigenvalue weighted by atomic mass is 127. The minimum Gasteiger partial charge on any atom is -0.337 e. The summed E-state index contributed by atoms with van der Waals surface area (Å²) in [5.74, 6) is 0.491. The van der Waals surface area contributed by atoms with Crippen molar-refractivity contribution in [3.8, 4) is 0 Å². The van der Waals surface area contributed by atoms with Crippen molar-refractivity contribution in [1.82, 2.24) is 4.90 Å². The van der Waals surface area contributed by atoms with Gasteiger partial charge in [0, 0.05) is 28.3 Å². The van der Waals surface area contributed by atoms with Gasteiger partial charge < -0.3 is 10.6 Å². The van der Waals surface area contributed by atoms with E-state index >= 15 is 0 Å². The Bertz CT molecular complexity index is 398. The normalized spacial score (nSPS) is 24.8. The Balaban J connectivity index is 2.14. The van der Waals surface area contributed by atoms with Crippen LogP contribution in [-0.4, -0.2) is 29.9 Å². The molecule has 0 saturated carbocycles. The standard InChI is InChI=1S/C12H15IN2O/c1-8-6-15(7-11(8)14)12(16)9-3-2-4-10(13)5-9/h2-5,8,11H,6-7,14H2,1H3. The van der Waals surface area contributed by atoms with Crippen LogP contribution in [0.15, 0.2) is 24.3 Å². The van der Waals surface area contributed by atoms with E-state index in [1.807, 2.05) is 29.2 Å². The number of nitrogens with zero attached hydrogens (tertiary/aromatic N) is 1. The Morgan fingerprint density at radius 2 is 2.25 bits per heavy atom. The van der Waals surface area contributed by atoms with E-state index in [-0.39, 0.29) is 11.9 Å². The van der Waals surface area contributed by atoms with Crippen LogP contribution in [0.2, 0.25) is 0 Å². The number of likely N-dealkylation sites (tertiary alicyclic amines) is 1. The van der Waals surface area contributed by atoms with Crippen LogP contribution in [0.5, 0.6) is 0 Å². The van der Waals surface area contributed by atoms with Crippen LogP contribution in [0.1, 0.15) is 17.3 Å². The maximum Gasteiger partial charge on any atom is 0.253 e. The van der Waals surface area contributed by atoms with Crippen molar-refractivity contribution < 1.29 is 4.79 Å². The van der Waals surface area contributed by atoms with E-state index in [0.29, 0.717) is 12.5 Å². The van der Waals surface area contributed by atoms with Crippen LogP contribution in [0, 0.1) is 9.49 Å². The highest BCUT2D eigenvalue weighted by Gasteiger charge is 2.30. The fourth-order valence-electron chi connectivity index (χ4n) is 1.96. The number of hydrogen-bond acceptors (Lipinski definition) is 2. The van der Waals surface area contributed by atoms with Crippen LogP contribution in [-0.2, 0) is 0 Å². The summed E-state index contributed by atoms with van der Waals surface area (Å²) in [4.78, 5) is 14.0. The van der Waals surface area contributed by atoms with Crippen molar-refractivity contribution in [2.75, 3.05) is 13.1 Å². The number of amides is 1. The first-order valence-corrected chi connectivity index (χ1v) is 6.46. The van der Waals surface area contributed by atoms with Crippen molar-refractivity contribution in [1.29, 1.82) is 0 Å². The minimum absolute atomic E-state index is 0.0957. The molecule has 3 nitrogen and oxygen atoms in total. The van der Waals surface area contributed by atoms with Gasteiger partial charge in [0.15, 0.2) is 0 Å². The summed E-state index contributed by atoms with van der Waals surface area (Å²) >= 11 is 2.21. The van der Waals surface area contributed by atoms with Crippen LogP contribution in [0.3, 0.4) is 0 Å². The van der Waals surface area contributed by atoms with E-state index in [0.717, 1.165) is 15.7 Å². The van der Waals surface area contributed by atoms with Gasteiger partial charge in [-0.15, -0.1) is 0 Å². The van der Waals surface area contributed by atoms with Gasteiger partial charge >= 0.3 is 0 Å². The Kier molecular flexibility index (Phi) is 3.49. The summed E-state index contributed by atoms with van der Waals surface area (Å²) in [6.07, 6.45) is 0. The fraction of sp³-hybridized carbons (Fsp3) is 0.417. The Morgan fingerprint density at radius 1 is 1.50 bits per heavy atom. The van der Waals surface area contributed by atoms with Gasteiger partial charge in [-0.3, -0.25) is 4.79 Å². The molecule has 1 aliphatic heterocycles. The van der Waals surface area contributed by atoms with Gasteiger partial charge in [0.05, 0.1) is 0 Å². The molecule has 0 aliphatic carbocycles. The molecular weight excluding hydrogens is 315 g/mol. The molecule has 2 unspecified atom stereocenters. The summed E-state index contributed by atoms with van der Waals surface area (Å²) in [5, 5.41) is 0. The minimum atomic E-state index is 0.0957. The maximum atomic E-state index is 12.2. The molecule has 1 amide bonds. The summed E-state index contributed by atoms with van der Waals surface area (Å²) in [6.45, 7) is 3.53. The summed E-state index contributed by atoms with van der Waals surface area (Å²) in [6, 6.07) is 7.78. The number of benzene rings is 1. The van der Waals surface area contributed by atoms with E-state index in [4.69, 9.17) is 5.73 Å². The van der Waals surface area contributed by atoms with Crippen molar-refractivity contribution in [2.24, 2.45) is 11.7 Å².